The molecule has 3 nitrogen and oxygen atoms in total. The van der Waals surface area contributed by atoms with Gasteiger partial charge in [0.2, 0.25) is 6.10 Å². The molecular weight excluding hydrogens is 352 g/mol. The van der Waals surface area contributed by atoms with E-state index in [4.69, 9.17) is 0 Å². The van der Waals surface area contributed by atoms with Crippen LogP contribution < -0.4 is 4.90 Å². The molecule has 0 radical (unpaired) electrons. The molecule has 0 bridgehead atoms. The first kappa shape index (κ1) is 21.3. The van der Waals surface area contributed by atoms with Crippen LogP contribution in [-0.4, -0.2) is 37.9 Å². The smallest absolute Gasteiger partial charge is 0.425 e. The van der Waals surface area contributed by atoms with Crippen LogP contribution in [-0.2, 0) is 10.9 Å². The first-order chi connectivity index (χ1) is 11.5. The molecule has 0 heterocycles. The van der Waals surface area contributed by atoms with Crippen LogP contribution in [0, 0.1) is 0 Å². The van der Waals surface area contributed by atoms with Gasteiger partial charge in [0, 0.05) is 6.42 Å². The molecule has 0 saturated heterocycles. The summed E-state index contributed by atoms with van der Waals surface area (Å²) in [6, 6.07) is 3.13. The van der Waals surface area contributed by atoms with Crippen LogP contribution in [0.4, 0.5) is 26.3 Å². The second-order valence-corrected chi connectivity index (χ2v) is 5.51. The summed E-state index contributed by atoms with van der Waals surface area (Å²) in [5.41, 5.74) is -1.70. The number of hydrogen-bond donors (Lipinski definition) is 1. The van der Waals surface area contributed by atoms with Crippen molar-refractivity contribution in [3.8, 4) is 0 Å². The maximum Gasteiger partial charge on any atom is 0.425 e. The van der Waals surface area contributed by atoms with Crippen molar-refractivity contribution in [3.05, 3.63) is 35.4 Å². The third-order valence-electron chi connectivity index (χ3n) is 3.80. The Kier molecular flexibility index (Phi) is 7.28. The summed E-state index contributed by atoms with van der Waals surface area (Å²) in [5, 5.41) is 0. The molecule has 1 N–H and O–H groups in total. The van der Waals surface area contributed by atoms with E-state index in [0.717, 1.165) is 23.1 Å². The summed E-state index contributed by atoms with van der Waals surface area (Å²) in [4.78, 5) is 12.8. The molecule has 0 saturated carbocycles. The van der Waals surface area contributed by atoms with Gasteiger partial charge in [0.1, 0.15) is 0 Å². The summed E-state index contributed by atoms with van der Waals surface area (Å²) in [6.07, 6.45) is -12.3. The molecule has 1 aromatic rings. The van der Waals surface area contributed by atoms with E-state index < -0.39 is 42.0 Å². The van der Waals surface area contributed by atoms with Gasteiger partial charge in [-0.3, -0.25) is 0 Å². The maximum absolute atomic E-state index is 13.1. The van der Waals surface area contributed by atoms with E-state index in [1.54, 1.807) is 0 Å². The highest BCUT2D eigenvalue weighted by atomic mass is 19.4. The van der Waals surface area contributed by atoms with E-state index >= 15 is 0 Å². The number of quaternary nitrogens is 1. The zero-order valence-corrected chi connectivity index (χ0v) is 13.8. The van der Waals surface area contributed by atoms with Crippen molar-refractivity contribution < 1.29 is 40.8 Å². The average molecular weight is 372 g/mol. The number of halogens is 6. The number of carbonyl (C=O) groups excluding carboxylic acids is 1. The van der Waals surface area contributed by atoms with Crippen LogP contribution in [0.1, 0.15) is 36.2 Å². The molecule has 0 aliphatic rings. The van der Waals surface area contributed by atoms with Gasteiger partial charge < -0.3 is 9.64 Å². The van der Waals surface area contributed by atoms with Gasteiger partial charge in [-0.25, -0.2) is 4.79 Å². The van der Waals surface area contributed by atoms with E-state index in [2.05, 4.69) is 4.74 Å². The minimum absolute atomic E-state index is 0.132. The standard InChI is InChI=1S/C16H19F6NO2/c1-3-23(4-2)9-8-13(16(20,21)22)25-14(24)11-6-5-7-12(10-11)15(17,18)19/h5-7,10,13H,3-4,8-9H2,1-2H3/p+1/t13-/m0/s1. The van der Waals surface area contributed by atoms with Gasteiger partial charge in [-0.1, -0.05) is 6.07 Å². The highest BCUT2D eigenvalue weighted by Gasteiger charge is 2.43. The molecule has 0 amide bonds. The van der Waals surface area contributed by atoms with Gasteiger partial charge in [0.25, 0.3) is 0 Å². The van der Waals surface area contributed by atoms with Gasteiger partial charge in [0.05, 0.1) is 30.8 Å². The average Bonchev–Trinajstić information content (AvgIpc) is 2.52. The molecule has 1 atom stereocenters. The molecule has 1 rings (SSSR count). The Morgan fingerprint density at radius 2 is 1.72 bits per heavy atom. The van der Waals surface area contributed by atoms with Crippen molar-refractivity contribution in [2.24, 2.45) is 0 Å². The number of benzene rings is 1. The fourth-order valence-electron chi connectivity index (χ4n) is 2.25. The molecule has 0 aliphatic carbocycles. The van der Waals surface area contributed by atoms with Crippen LogP contribution in [0.3, 0.4) is 0 Å². The zero-order valence-electron chi connectivity index (χ0n) is 13.8. The zero-order chi connectivity index (χ0) is 19.3. The number of rotatable bonds is 7. The number of hydrogen-bond acceptors (Lipinski definition) is 2. The molecule has 9 heteroatoms. The molecule has 25 heavy (non-hydrogen) atoms. The minimum Gasteiger partial charge on any atom is -0.449 e. The topological polar surface area (TPSA) is 30.7 Å². The molecule has 1 aromatic carbocycles. The van der Waals surface area contributed by atoms with E-state index in [0.29, 0.717) is 19.2 Å². The lowest BCUT2D eigenvalue weighted by molar-refractivity contribution is -0.897. The molecule has 142 valence electrons. The van der Waals surface area contributed by atoms with Crippen molar-refractivity contribution in [2.45, 2.75) is 38.7 Å². The van der Waals surface area contributed by atoms with E-state index in [9.17, 15) is 31.1 Å². The number of ether oxygens (including phenoxy) is 1. The molecular formula is C16H20F6NO2+. The Hall–Kier alpha value is -1.77. The lowest BCUT2D eigenvalue weighted by atomic mass is 10.1. The Bertz CT molecular complexity index is 566. The minimum atomic E-state index is -4.79. The van der Waals surface area contributed by atoms with Gasteiger partial charge in [-0.2, -0.15) is 26.3 Å². The van der Waals surface area contributed by atoms with Crippen molar-refractivity contribution in [1.82, 2.24) is 0 Å². The fourth-order valence-corrected chi connectivity index (χ4v) is 2.25. The Morgan fingerprint density at radius 3 is 2.20 bits per heavy atom. The first-order valence-electron chi connectivity index (χ1n) is 7.77. The fraction of sp³-hybridized carbons (Fsp3) is 0.562. The Morgan fingerprint density at radius 1 is 1.12 bits per heavy atom. The van der Waals surface area contributed by atoms with Crippen molar-refractivity contribution >= 4 is 5.97 Å². The molecule has 0 aliphatic heterocycles. The van der Waals surface area contributed by atoms with Crippen LogP contribution in [0.15, 0.2) is 24.3 Å². The number of alkyl halides is 6. The summed E-state index contributed by atoms with van der Waals surface area (Å²) in [5.74, 6) is -1.43. The van der Waals surface area contributed by atoms with Crippen molar-refractivity contribution in [2.75, 3.05) is 19.6 Å². The molecule has 0 aromatic heterocycles. The van der Waals surface area contributed by atoms with E-state index in [-0.39, 0.29) is 6.54 Å². The molecule has 0 fully saturated rings. The molecule has 0 spiro atoms. The lowest BCUT2D eigenvalue weighted by Crippen LogP contribution is -3.11. The van der Waals surface area contributed by atoms with Crippen LogP contribution in [0.25, 0.3) is 0 Å². The summed E-state index contributed by atoms with van der Waals surface area (Å²) >= 11 is 0. The second-order valence-electron chi connectivity index (χ2n) is 5.51. The third-order valence-corrected chi connectivity index (χ3v) is 3.80. The second kappa shape index (κ2) is 8.55. The van der Waals surface area contributed by atoms with Gasteiger partial charge in [-0.05, 0) is 32.0 Å². The van der Waals surface area contributed by atoms with Crippen LogP contribution >= 0.6 is 0 Å². The third kappa shape index (κ3) is 6.56. The molecule has 0 unspecified atom stereocenters. The predicted molar refractivity (Wildman–Crippen MR) is 78.2 cm³/mol. The highest BCUT2D eigenvalue weighted by molar-refractivity contribution is 5.89. The van der Waals surface area contributed by atoms with Gasteiger partial charge in [0.15, 0.2) is 0 Å². The summed E-state index contributed by atoms with van der Waals surface area (Å²) in [7, 11) is 0. The first-order valence-corrected chi connectivity index (χ1v) is 7.77. The number of carbonyl (C=O) groups is 1. The van der Waals surface area contributed by atoms with Crippen molar-refractivity contribution in [3.63, 3.8) is 0 Å². The SMILES string of the molecule is CC[NH+](CC)CC[C@H](OC(=O)c1cccc(C(F)(F)F)c1)C(F)(F)F. The Balaban J connectivity index is 2.88. The van der Waals surface area contributed by atoms with Gasteiger partial charge >= 0.3 is 18.3 Å². The maximum atomic E-state index is 13.1. The summed E-state index contributed by atoms with van der Waals surface area (Å²) in [6.45, 7) is 4.99. The van der Waals surface area contributed by atoms with E-state index in [1.807, 2.05) is 13.8 Å². The Labute approximate surface area is 141 Å². The largest absolute Gasteiger partial charge is 0.449 e. The summed E-state index contributed by atoms with van der Waals surface area (Å²) < 4.78 is 81.5. The predicted octanol–water partition coefficient (Wildman–Crippen LogP) is 3.11. The normalized spacial score (nSPS) is 13.8. The van der Waals surface area contributed by atoms with E-state index in [1.165, 1.54) is 0 Å². The number of nitrogens with one attached hydrogen (secondary N) is 1. The van der Waals surface area contributed by atoms with Crippen molar-refractivity contribution in [1.29, 1.82) is 0 Å². The number of esters is 1. The van der Waals surface area contributed by atoms with Gasteiger partial charge in [-0.15, -0.1) is 0 Å². The quantitative estimate of drug-likeness (QED) is 0.589. The lowest BCUT2D eigenvalue weighted by Gasteiger charge is -2.23. The monoisotopic (exact) mass is 372 g/mol. The van der Waals surface area contributed by atoms with Crippen LogP contribution in [0.5, 0.6) is 0 Å². The highest BCUT2D eigenvalue weighted by Crippen LogP contribution is 2.30. The van der Waals surface area contributed by atoms with Crippen LogP contribution in [0.2, 0.25) is 0 Å².